The van der Waals surface area contributed by atoms with Gasteiger partial charge in [-0.2, -0.15) is 0 Å². The third-order valence-corrected chi connectivity index (χ3v) is 4.56. The van der Waals surface area contributed by atoms with Crippen molar-refractivity contribution in [2.24, 2.45) is 5.73 Å². The number of carbonyl (C=O) groups excluding carboxylic acids is 2. The van der Waals surface area contributed by atoms with Crippen LogP contribution in [0.25, 0.3) is 0 Å². The van der Waals surface area contributed by atoms with Crippen LogP contribution >= 0.6 is 0 Å². The molecule has 1 aliphatic carbocycles. The van der Waals surface area contributed by atoms with Gasteiger partial charge in [0.25, 0.3) is 0 Å². The Hall–Kier alpha value is -2.18. The van der Waals surface area contributed by atoms with Crippen LogP contribution in [0.15, 0.2) is 42.5 Å². The Morgan fingerprint density at radius 3 is 2.65 bits per heavy atom. The summed E-state index contributed by atoms with van der Waals surface area (Å²) in [5.74, 6) is -0.448. The first-order valence-corrected chi connectivity index (χ1v) is 9.20. The summed E-state index contributed by atoms with van der Waals surface area (Å²) in [4.78, 5) is 24.0. The first-order chi connectivity index (χ1) is 12.4. The number of rotatable bonds is 8. The summed E-state index contributed by atoms with van der Waals surface area (Å²) in [6.07, 6.45) is 6.41. The number of carbonyl (C=O) groups is 2. The van der Waals surface area contributed by atoms with Crippen molar-refractivity contribution in [3.05, 3.63) is 48.0 Å². The molecular weight excluding hydrogens is 330 g/mol. The van der Waals surface area contributed by atoms with E-state index in [9.17, 15) is 14.7 Å². The highest BCUT2D eigenvalue weighted by atomic mass is 16.3. The quantitative estimate of drug-likeness (QED) is 0.521. The van der Waals surface area contributed by atoms with E-state index < -0.39 is 6.04 Å². The van der Waals surface area contributed by atoms with Gasteiger partial charge in [0.1, 0.15) is 0 Å². The zero-order chi connectivity index (χ0) is 18.9. The van der Waals surface area contributed by atoms with E-state index in [0.717, 1.165) is 19.3 Å². The van der Waals surface area contributed by atoms with Crippen LogP contribution in [-0.2, 0) is 16.0 Å². The van der Waals surface area contributed by atoms with Crippen LogP contribution < -0.4 is 16.4 Å². The van der Waals surface area contributed by atoms with Gasteiger partial charge in [-0.25, -0.2) is 0 Å². The number of aryl methyl sites for hydroxylation is 1. The molecular formula is C20H29N3O3. The Morgan fingerprint density at radius 2 is 2.04 bits per heavy atom. The molecule has 6 nitrogen and oxygen atoms in total. The maximum Gasteiger partial charge on any atom is 0.243 e. The van der Waals surface area contributed by atoms with Crippen LogP contribution in [0.5, 0.6) is 0 Å². The molecule has 6 heteroatoms. The lowest BCUT2D eigenvalue weighted by Gasteiger charge is -2.17. The summed E-state index contributed by atoms with van der Waals surface area (Å²) >= 11 is 0. The Balaban J connectivity index is 1.91. The molecule has 0 heterocycles. The molecule has 0 bridgehead atoms. The van der Waals surface area contributed by atoms with E-state index in [-0.39, 0.29) is 30.0 Å². The first-order valence-electron chi connectivity index (χ1n) is 9.20. The average molecular weight is 359 g/mol. The van der Waals surface area contributed by atoms with Crippen molar-refractivity contribution in [2.75, 3.05) is 0 Å². The molecule has 26 heavy (non-hydrogen) atoms. The van der Waals surface area contributed by atoms with Crippen molar-refractivity contribution in [3.63, 3.8) is 0 Å². The fraction of sp³-hybridized carbons (Fsp3) is 0.500. The molecule has 1 aliphatic rings. The summed E-state index contributed by atoms with van der Waals surface area (Å²) in [5.41, 5.74) is 6.80. The minimum atomic E-state index is -0.601. The molecule has 0 aliphatic heterocycles. The summed E-state index contributed by atoms with van der Waals surface area (Å²) in [6, 6.07) is 9.13. The summed E-state index contributed by atoms with van der Waals surface area (Å²) in [5, 5.41) is 15.3. The predicted molar refractivity (Wildman–Crippen MR) is 101 cm³/mol. The smallest absolute Gasteiger partial charge is 0.243 e. The third kappa shape index (κ3) is 6.98. The van der Waals surface area contributed by atoms with Crippen LogP contribution in [0.4, 0.5) is 0 Å². The second-order valence-electron chi connectivity index (χ2n) is 6.96. The first kappa shape index (κ1) is 20.1. The van der Waals surface area contributed by atoms with Crippen molar-refractivity contribution >= 4 is 11.8 Å². The van der Waals surface area contributed by atoms with Gasteiger partial charge < -0.3 is 21.5 Å². The van der Waals surface area contributed by atoms with E-state index in [2.05, 4.69) is 10.6 Å². The standard InChI is InChI=1S/C20H29N3O3/c1-14(21)20(26)23-16(8-7-15-5-3-2-4-6-15)10-12-19(25)22-17-9-11-18(24)13-17/h2-6,10,12,14,16-18,24H,7-9,11,13,21H2,1H3,(H,22,25)(H,23,26). The molecule has 1 aromatic carbocycles. The number of benzene rings is 1. The SMILES string of the molecule is CC(N)C(=O)NC(C=CC(=O)NC1CCC(O)C1)CCc1ccccc1. The van der Waals surface area contributed by atoms with Crippen molar-refractivity contribution in [1.82, 2.24) is 10.6 Å². The van der Waals surface area contributed by atoms with Crippen molar-refractivity contribution in [1.29, 1.82) is 0 Å². The number of amides is 2. The van der Waals surface area contributed by atoms with Gasteiger partial charge in [0.15, 0.2) is 0 Å². The maximum absolute atomic E-state index is 12.1. The molecule has 0 aromatic heterocycles. The molecule has 2 rings (SSSR count). The zero-order valence-corrected chi connectivity index (χ0v) is 15.2. The van der Waals surface area contributed by atoms with Gasteiger partial charge in [-0.1, -0.05) is 36.4 Å². The molecule has 1 fully saturated rings. The molecule has 4 atom stereocenters. The van der Waals surface area contributed by atoms with Gasteiger partial charge >= 0.3 is 0 Å². The van der Waals surface area contributed by atoms with Gasteiger partial charge in [-0.05, 0) is 44.6 Å². The Kier molecular flexibility index (Phi) is 7.81. The molecule has 2 amide bonds. The van der Waals surface area contributed by atoms with Gasteiger partial charge in [-0.3, -0.25) is 9.59 Å². The summed E-state index contributed by atoms with van der Waals surface area (Å²) in [6.45, 7) is 1.63. The number of nitrogens with one attached hydrogen (secondary N) is 2. The van der Waals surface area contributed by atoms with Crippen LogP contribution in [0, 0.1) is 0 Å². The van der Waals surface area contributed by atoms with E-state index in [1.807, 2.05) is 30.3 Å². The second kappa shape index (κ2) is 10.1. The minimum Gasteiger partial charge on any atom is -0.393 e. The van der Waals surface area contributed by atoms with Crippen LogP contribution in [-0.4, -0.2) is 41.2 Å². The van der Waals surface area contributed by atoms with E-state index in [0.29, 0.717) is 12.8 Å². The molecule has 0 saturated heterocycles. The lowest BCUT2D eigenvalue weighted by atomic mass is 10.0. The molecule has 1 aromatic rings. The van der Waals surface area contributed by atoms with E-state index in [1.165, 1.54) is 11.6 Å². The van der Waals surface area contributed by atoms with E-state index in [4.69, 9.17) is 5.73 Å². The summed E-state index contributed by atoms with van der Waals surface area (Å²) < 4.78 is 0. The second-order valence-corrected chi connectivity index (χ2v) is 6.96. The average Bonchev–Trinajstić information content (AvgIpc) is 3.02. The Labute approximate surface area is 154 Å². The molecule has 5 N–H and O–H groups in total. The van der Waals surface area contributed by atoms with Gasteiger partial charge in [0.05, 0.1) is 12.1 Å². The van der Waals surface area contributed by atoms with Gasteiger partial charge in [0, 0.05) is 18.2 Å². The minimum absolute atomic E-state index is 0.0172. The van der Waals surface area contributed by atoms with Crippen LogP contribution in [0.1, 0.15) is 38.2 Å². The van der Waals surface area contributed by atoms with Crippen molar-refractivity contribution in [3.8, 4) is 0 Å². The Bertz CT molecular complexity index is 616. The highest BCUT2D eigenvalue weighted by molar-refractivity contribution is 5.88. The number of aliphatic hydroxyl groups excluding tert-OH is 1. The molecule has 4 unspecified atom stereocenters. The molecule has 142 valence electrons. The summed E-state index contributed by atoms with van der Waals surface area (Å²) in [7, 11) is 0. The van der Waals surface area contributed by atoms with Crippen LogP contribution in [0.3, 0.4) is 0 Å². The highest BCUT2D eigenvalue weighted by Crippen LogP contribution is 2.18. The fourth-order valence-corrected chi connectivity index (χ4v) is 3.04. The largest absolute Gasteiger partial charge is 0.393 e. The lowest BCUT2D eigenvalue weighted by molar-refractivity contribution is -0.122. The van der Waals surface area contributed by atoms with Crippen LogP contribution in [0.2, 0.25) is 0 Å². The lowest BCUT2D eigenvalue weighted by Crippen LogP contribution is -2.43. The van der Waals surface area contributed by atoms with Gasteiger partial charge in [-0.15, -0.1) is 0 Å². The monoisotopic (exact) mass is 359 g/mol. The zero-order valence-electron chi connectivity index (χ0n) is 15.2. The third-order valence-electron chi connectivity index (χ3n) is 4.56. The number of aliphatic hydroxyl groups is 1. The number of hydrogen-bond donors (Lipinski definition) is 4. The number of hydrogen-bond acceptors (Lipinski definition) is 4. The normalized spacial score (nSPS) is 22.1. The molecule has 0 spiro atoms. The predicted octanol–water partition coefficient (Wildman–Crippen LogP) is 1.04. The topological polar surface area (TPSA) is 104 Å². The van der Waals surface area contributed by atoms with E-state index in [1.54, 1.807) is 13.0 Å². The fourth-order valence-electron chi connectivity index (χ4n) is 3.04. The Morgan fingerprint density at radius 1 is 1.31 bits per heavy atom. The molecule has 0 radical (unpaired) electrons. The van der Waals surface area contributed by atoms with Crippen molar-refractivity contribution in [2.45, 2.75) is 63.3 Å². The van der Waals surface area contributed by atoms with Gasteiger partial charge in [0.2, 0.25) is 11.8 Å². The maximum atomic E-state index is 12.1. The van der Waals surface area contributed by atoms with Crippen molar-refractivity contribution < 1.29 is 14.7 Å². The van der Waals surface area contributed by atoms with E-state index >= 15 is 0 Å². The highest BCUT2D eigenvalue weighted by Gasteiger charge is 2.23. The number of nitrogens with two attached hydrogens (primary N) is 1. The molecule has 1 saturated carbocycles.